The van der Waals surface area contributed by atoms with Gasteiger partial charge in [0.25, 0.3) is 0 Å². The first-order chi connectivity index (χ1) is 10.7. The number of rotatable bonds is 4. The Kier molecular flexibility index (Phi) is 5.47. The molecule has 0 N–H and O–H groups in total. The van der Waals surface area contributed by atoms with Gasteiger partial charge in [-0.15, -0.1) is 11.3 Å². The van der Waals surface area contributed by atoms with E-state index in [0.717, 1.165) is 38.4 Å². The van der Waals surface area contributed by atoms with Crippen LogP contribution in [-0.2, 0) is 13.1 Å². The monoisotopic (exact) mass is 335 g/mol. The van der Waals surface area contributed by atoms with Crippen LogP contribution in [0.5, 0.6) is 0 Å². The van der Waals surface area contributed by atoms with Crippen molar-refractivity contribution in [3.8, 4) is 0 Å². The first-order valence-electron chi connectivity index (χ1n) is 7.81. The van der Waals surface area contributed by atoms with E-state index in [0.29, 0.717) is 10.5 Å². The first-order valence-corrected chi connectivity index (χ1v) is 9.07. The van der Waals surface area contributed by atoms with Gasteiger partial charge in [0.15, 0.2) is 4.47 Å². The molecule has 2 aromatic rings. The number of halogens is 1. The lowest BCUT2D eigenvalue weighted by atomic mass is 10.2. The maximum atomic E-state index is 5.94. The molecule has 1 fully saturated rings. The van der Waals surface area contributed by atoms with Gasteiger partial charge >= 0.3 is 0 Å². The molecule has 3 rings (SSSR count). The molecular formula is C17H22ClN3S. The van der Waals surface area contributed by atoms with Crippen LogP contribution in [0.1, 0.15) is 24.6 Å². The zero-order valence-electron chi connectivity index (χ0n) is 12.9. The Bertz CT molecular complexity index is 587. The van der Waals surface area contributed by atoms with E-state index in [9.17, 15) is 0 Å². The van der Waals surface area contributed by atoms with Crippen LogP contribution in [0, 0.1) is 0 Å². The van der Waals surface area contributed by atoms with Crippen LogP contribution in [0.25, 0.3) is 0 Å². The van der Waals surface area contributed by atoms with Crippen molar-refractivity contribution in [3.05, 3.63) is 51.4 Å². The van der Waals surface area contributed by atoms with E-state index in [-0.39, 0.29) is 0 Å². The summed E-state index contributed by atoms with van der Waals surface area (Å²) < 4.78 is 0.642. The van der Waals surface area contributed by atoms with Gasteiger partial charge in [-0.3, -0.25) is 9.80 Å². The topological polar surface area (TPSA) is 19.4 Å². The maximum Gasteiger partial charge on any atom is 0.183 e. The number of benzene rings is 1. The molecule has 1 aliphatic heterocycles. The van der Waals surface area contributed by atoms with E-state index in [1.54, 1.807) is 0 Å². The molecule has 0 saturated carbocycles. The highest BCUT2D eigenvalue weighted by molar-refractivity contribution is 7.13. The smallest absolute Gasteiger partial charge is 0.183 e. The predicted molar refractivity (Wildman–Crippen MR) is 93.3 cm³/mol. The Hall–Kier alpha value is -0.940. The van der Waals surface area contributed by atoms with Gasteiger partial charge in [-0.05, 0) is 25.5 Å². The van der Waals surface area contributed by atoms with Crippen LogP contribution in [-0.4, -0.2) is 40.5 Å². The fourth-order valence-electron chi connectivity index (χ4n) is 3.08. The van der Waals surface area contributed by atoms with Crippen molar-refractivity contribution in [1.29, 1.82) is 0 Å². The summed E-state index contributed by atoms with van der Waals surface area (Å²) in [4.78, 5) is 9.47. The summed E-state index contributed by atoms with van der Waals surface area (Å²) in [6.45, 7) is 7.66. The van der Waals surface area contributed by atoms with E-state index in [1.165, 1.54) is 23.3 Å². The molecule has 0 aliphatic carbocycles. The average Bonchev–Trinajstić information content (AvgIpc) is 2.84. The SMILES string of the molecule is C[C@H]1CN(Cc2ccccc2)CCCN1Cc1csc(Cl)n1. The number of hydrogen-bond donors (Lipinski definition) is 0. The maximum absolute atomic E-state index is 5.94. The Morgan fingerprint density at radius 1 is 1.23 bits per heavy atom. The van der Waals surface area contributed by atoms with Crippen molar-refractivity contribution in [3.63, 3.8) is 0 Å². The van der Waals surface area contributed by atoms with E-state index < -0.39 is 0 Å². The van der Waals surface area contributed by atoms with Gasteiger partial charge in [-0.2, -0.15) is 0 Å². The average molecular weight is 336 g/mol. The van der Waals surface area contributed by atoms with Gasteiger partial charge in [0.1, 0.15) is 0 Å². The minimum atomic E-state index is 0.534. The Labute approximate surface area is 141 Å². The lowest BCUT2D eigenvalue weighted by molar-refractivity contribution is 0.179. The molecule has 1 aliphatic rings. The third-order valence-electron chi connectivity index (χ3n) is 4.20. The van der Waals surface area contributed by atoms with E-state index in [4.69, 9.17) is 11.6 Å². The van der Waals surface area contributed by atoms with Gasteiger partial charge in [0, 0.05) is 37.6 Å². The second-order valence-electron chi connectivity index (χ2n) is 5.99. The molecule has 0 spiro atoms. The lowest BCUT2D eigenvalue weighted by Gasteiger charge is -2.28. The lowest BCUT2D eigenvalue weighted by Crippen LogP contribution is -2.38. The highest BCUT2D eigenvalue weighted by atomic mass is 35.5. The molecule has 1 aromatic heterocycles. The molecule has 1 saturated heterocycles. The van der Waals surface area contributed by atoms with Crippen molar-refractivity contribution in [2.24, 2.45) is 0 Å². The third-order valence-corrected chi connectivity index (χ3v) is 5.23. The summed E-state index contributed by atoms with van der Waals surface area (Å²) in [5.41, 5.74) is 2.49. The minimum absolute atomic E-state index is 0.534. The van der Waals surface area contributed by atoms with Crippen LogP contribution in [0.3, 0.4) is 0 Å². The van der Waals surface area contributed by atoms with Gasteiger partial charge < -0.3 is 0 Å². The van der Waals surface area contributed by atoms with Crippen molar-refractivity contribution in [2.45, 2.75) is 32.5 Å². The van der Waals surface area contributed by atoms with Crippen molar-refractivity contribution in [1.82, 2.24) is 14.8 Å². The van der Waals surface area contributed by atoms with Gasteiger partial charge in [0.05, 0.1) is 5.69 Å². The predicted octanol–water partition coefficient (Wildman–Crippen LogP) is 3.89. The quantitative estimate of drug-likeness (QED) is 0.845. The molecule has 0 bridgehead atoms. The first kappa shape index (κ1) is 15.9. The van der Waals surface area contributed by atoms with Crippen molar-refractivity contribution in [2.75, 3.05) is 19.6 Å². The zero-order chi connectivity index (χ0) is 15.4. The number of hydrogen-bond acceptors (Lipinski definition) is 4. The number of nitrogens with zero attached hydrogens (tertiary/aromatic N) is 3. The van der Waals surface area contributed by atoms with Crippen LogP contribution in [0.15, 0.2) is 35.7 Å². The molecule has 1 aromatic carbocycles. The molecule has 2 heterocycles. The summed E-state index contributed by atoms with van der Waals surface area (Å²) in [5, 5.41) is 2.07. The Morgan fingerprint density at radius 3 is 2.77 bits per heavy atom. The largest absolute Gasteiger partial charge is 0.297 e. The second kappa shape index (κ2) is 7.55. The van der Waals surface area contributed by atoms with Crippen molar-refractivity contribution >= 4 is 22.9 Å². The van der Waals surface area contributed by atoms with E-state index >= 15 is 0 Å². The zero-order valence-corrected chi connectivity index (χ0v) is 14.5. The number of thiazole rings is 1. The standard InChI is InChI=1S/C17H22ClN3S/c1-14-10-20(11-15-6-3-2-4-7-15)8-5-9-21(14)12-16-13-22-17(18)19-16/h2-4,6-7,13-14H,5,8-12H2,1H3/t14-/m0/s1. The van der Waals surface area contributed by atoms with Crippen LogP contribution < -0.4 is 0 Å². The molecule has 22 heavy (non-hydrogen) atoms. The van der Waals surface area contributed by atoms with Gasteiger partial charge in [-0.25, -0.2) is 4.98 Å². The number of aromatic nitrogens is 1. The van der Waals surface area contributed by atoms with E-state index in [2.05, 4.69) is 57.4 Å². The molecule has 118 valence electrons. The Balaban J connectivity index is 1.59. The van der Waals surface area contributed by atoms with Crippen LogP contribution in [0.4, 0.5) is 0 Å². The molecule has 0 unspecified atom stereocenters. The third kappa shape index (κ3) is 4.29. The van der Waals surface area contributed by atoms with E-state index in [1.807, 2.05) is 0 Å². The summed E-state index contributed by atoms with van der Waals surface area (Å²) in [7, 11) is 0. The fourth-order valence-corrected chi connectivity index (χ4v) is 3.85. The highest BCUT2D eigenvalue weighted by Crippen LogP contribution is 2.19. The molecule has 0 radical (unpaired) electrons. The van der Waals surface area contributed by atoms with Crippen LogP contribution >= 0.6 is 22.9 Å². The molecule has 1 atom stereocenters. The molecule has 3 nitrogen and oxygen atoms in total. The fraction of sp³-hybridized carbons (Fsp3) is 0.471. The van der Waals surface area contributed by atoms with Gasteiger partial charge in [-0.1, -0.05) is 41.9 Å². The van der Waals surface area contributed by atoms with Crippen LogP contribution in [0.2, 0.25) is 4.47 Å². The second-order valence-corrected chi connectivity index (χ2v) is 7.43. The summed E-state index contributed by atoms with van der Waals surface area (Å²) >= 11 is 7.46. The van der Waals surface area contributed by atoms with Crippen molar-refractivity contribution < 1.29 is 0 Å². The normalized spacial score (nSPS) is 20.9. The highest BCUT2D eigenvalue weighted by Gasteiger charge is 2.22. The molecular weight excluding hydrogens is 314 g/mol. The Morgan fingerprint density at radius 2 is 2.05 bits per heavy atom. The summed E-state index contributed by atoms with van der Waals surface area (Å²) in [6, 6.07) is 11.3. The molecule has 0 amide bonds. The van der Waals surface area contributed by atoms with Gasteiger partial charge in [0.2, 0.25) is 0 Å². The minimum Gasteiger partial charge on any atom is -0.297 e. The molecule has 5 heteroatoms. The summed E-state index contributed by atoms with van der Waals surface area (Å²) in [5.74, 6) is 0. The summed E-state index contributed by atoms with van der Waals surface area (Å²) in [6.07, 6.45) is 1.20.